The average molecular weight is 287 g/mol. The molecular weight excluding hydrogens is 270 g/mol. The van der Waals surface area contributed by atoms with Crippen LogP contribution in [0.1, 0.15) is 5.69 Å². The Labute approximate surface area is 122 Å². The molecule has 0 radical (unpaired) electrons. The Morgan fingerprint density at radius 1 is 1.48 bits per heavy atom. The zero-order chi connectivity index (χ0) is 15.0. The smallest absolute Gasteiger partial charge is 0.414 e. The van der Waals surface area contributed by atoms with Gasteiger partial charge in [0.1, 0.15) is 11.9 Å². The van der Waals surface area contributed by atoms with E-state index in [1.807, 2.05) is 31.2 Å². The summed E-state index contributed by atoms with van der Waals surface area (Å²) >= 11 is 0. The molecule has 1 aliphatic heterocycles. The molecule has 0 spiro atoms. The number of carbonyl (C=O) groups is 1. The summed E-state index contributed by atoms with van der Waals surface area (Å²) in [5.41, 5.74) is 8.02. The number of rotatable bonds is 3. The van der Waals surface area contributed by atoms with Gasteiger partial charge in [0.05, 0.1) is 24.9 Å². The van der Waals surface area contributed by atoms with E-state index in [0.29, 0.717) is 13.1 Å². The molecule has 110 valence electrons. The minimum Gasteiger partial charge on any atom is -0.497 e. The summed E-state index contributed by atoms with van der Waals surface area (Å²) in [6, 6.07) is 7.48. The standard InChI is InChI=1S/C15H17N3O3/c1-9-5-14(18-8-11(7-16)21-15(18)19)12-6-10(20-2)3-4-13(12)17-9/h3-6,11H,7-8,16H2,1-2H3. The lowest BCUT2D eigenvalue weighted by molar-refractivity contribution is 0.145. The molecule has 1 aliphatic rings. The lowest BCUT2D eigenvalue weighted by Crippen LogP contribution is -2.27. The van der Waals surface area contributed by atoms with Gasteiger partial charge < -0.3 is 15.2 Å². The minimum atomic E-state index is -0.375. The van der Waals surface area contributed by atoms with Crippen LogP contribution in [0.2, 0.25) is 0 Å². The number of hydrogen-bond acceptors (Lipinski definition) is 5. The number of anilines is 1. The Balaban J connectivity index is 2.14. The predicted molar refractivity (Wildman–Crippen MR) is 79.7 cm³/mol. The monoisotopic (exact) mass is 287 g/mol. The van der Waals surface area contributed by atoms with Crippen molar-refractivity contribution in [3.05, 3.63) is 30.0 Å². The molecule has 1 unspecified atom stereocenters. The summed E-state index contributed by atoms with van der Waals surface area (Å²) in [6.45, 7) is 2.66. The first kappa shape index (κ1) is 13.6. The number of nitrogens with two attached hydrogens (primary N) is 1. The van der Waals surface area contributed by atoms with Crippen LogP contribution in [-0.4, -0.2) is 37.4 Å². The number of nitrogens with zero attached hydrogens (tertiary/aromatic N) is 2. The van der Waals surface area contributed by atoms with Crippen molar-refractivity contribution >= 4 is 22.7 Å². The van der Waals surface area contributed by atoms with Gasteiger partial charge in [-0.3, -0.25) is 9.88 Å². The summed E-state index contributed by atoms with van der Waals surface area (Å²) < 4.78 is 10.5. The number of benzene rings is 1. The topological polar surface area (TPSA) is 77.7 Å². The zero-order valence-electron chi connectivity index (χ0n) is 12.0. The highest BCUT2D eigenvalue weighted by molar-refractivity contribution is 6.01. The highest BCUT2D eigenvalue weighted by Gasteiger charge is 2.32. The molecule has 1 atom stereocenters. The highest BCUT2D eigenvalue weighted by atomic mass is 16.6. The number of hydrogen-bond donors (Lipinski definition) is 1. The van der Waals surface area contributed by atoms with Crippen molar-refractivity contribution in [2.24, 2.45) is 5.73 Å². The number of pyridine rings is 1. The van der Waals surface area contributed by atoms with Gasteiger partial charge in [0.2, 0.25) is 0 Å². The zero-order valence-corrected chi connectivity index (χ0v) is 12.0. The largest absolute Gasteiger partial charge is 0.497 e. The van der Waals surface area contributed by atoms with E-state index in [1.54, 1.807) is 12.0 Å². The van der Waals surface area contributed by atoms with Crippen molar-refractivity contribution in [3.8, 4) is 5.75 Å². The molecule has 0 saturated carbocycles. The first-order valence-electron chi connectivity index (χ1n) is 6.76. The molecule has 2 aromatic rings. The van der Waals surface area contributed by atoms with E-state index in [1.165, 1.54) is 0 Å². The molecule has 1 amide bonds. The number of amides is 1. The first-order chi connectivity index (χ1) is 10.1. The fourth-order valence-corrected chi connectivity index (χ4v) is 2.51. The SMILES string of the molecule is COc1ccc2nc(C)cc(N3CC(CN)OC3=O)c2c1. The molecule has 1 aromatic carbocycles. The van der Waals surface area contributed by atoms with Crippen molar-refractivity contribution in [2.75, 3.05) is 25.1 Å². The number of fused-ring (bicyclic) bond motifs is 1. The van der Waals surface area contributed by atoms with Crippen molar-refractivity contribution in [3.63, 3.8) is 0 Å². The molecule has 3 rings (SSSR count). The van der Waals surface area contributed by atoms with Crippen LogP contribution >= 0.6 is 0 Å². The second kappa shape index (κ2) is 5.21. The van der Waals surface area contributed by atoms with Crippen molar-refractivity contribution in [1.82, 2.24) is 4.98 Å². The molecule has 1 saturated heterocycles. The van der Waals surface area contributed by atoms with E-state index in [4.69, 9.17) is 15.2 Å². The van der Waals surface area contributed by atoms with E-state index >= 15 is 0 Å². The Morgan fingerprint density at radius 2 is 2.29 bits per heavy atom. The van der Waals surface area contributed by atoms with Gasteiger partial charge in [-0.1, -0.05) is 0 Å². The Kier molecular flexibility index (Phi) is 3.39. The lowest BCUT2D eigenvalue weighted by Gasteiger charge is -2.16. The molecule has 1 aromatic heterocycles. The molecule has 0 aliphatic carbocycles. The van der Waals surface area contributed by atoms with Crippen LogP contribution in [0, 0.1) is 6.92 Å². The first-order valence-corrected chi connectivity index (χ1v) is 6.76. The third-order valence-electron chi connectivity index (χ3n) is 3.55. The fraction of sp³-hybridized carbons (Fsp3) is 0.333. The fourth-order valence-electron chi connectivity index (χ4n) is 2.51. The van der Waals surface area contributed by atoms with Crippen molar-refractivity contribution in [2.45, 2.75) is 13.0 Å². The minimum absolute atomic E-state index is 0.272. The average Bonchev–Trinajstić information content (AvgIpc) is 2.87. The molecule has 0 bridgehead atoms. The van der Waals surface area contributed by atoms with Gasteiger partial charge in [-0.2, -0.15) is 0 Å². The van der Waals surface area contributed by atoms with Crippen LogP contribution in [0.4, 0.5) is 10.5 Å². The maximum atomic E-state index is 12.0. The van der Waals surface area contributed by atoms with Crippen LogP contribution in [0.15, 0.2) is 24.3 Å². The van der Waals surface area contributed by atoms with Crippen LogP contribution < -0.4 is 15.4 Å². The van der Waals surface area contributed by atoms with E-state index in [2.05, 4.69) is 4.98 Å². The summed E-state index contributed by atoms with van der Waals surface area (Å²) in [6.07, 6.45) is -0.646. The van der Waals surface area contributed by atoms with Crippen LogP contribution in [0.3, 0.4) is 0 Å². The number of methoxy groups -OCH3 is 1. The van der Waals surface area contributed by atoms with E-state index in [9.17, 15) is 4.79 Å². The molecule has 6 heteroatoms. The molecule has 6 nitrogen and oxygen atoms in total. The number of carbonyl (C=O) groups excluding carboxylic acids is 1. The number of cyclic esters (lactones) is 1. The van der Waals surface area contributed by atoms with E-state index < -0.39 is 0 Å². The van der Waals surface area contributed by atoms with Crippen LogP contribution in [0.25, 0.3) is 10.9 Å². The molecule has 1 fully saturated rings. The second-order valence-corrected chi connectivity index (χ2v) is 5.02. The molecule has 21 heavy (non-hydrogen) atoms. The third-order valence-corrected chi connectivity index (χ3v) is 3.55. The van der Waals surface area contributed by atoms with Gasteiger partial charge in [-0.25, -0.2) is 4.79 Å². The van der Waals surface area contributed by atoms with Crippen LogP contribution in [0.5, 0.6) is 5.75 Å². The van der Waals surface area contributed by atoms with E-state index in [0.717, 1.165) is 28.0 Å². The van der Waals surface area contributed by atoms with Crippen molar-refractivity contribution < 1.29 is 14.3 Å². The second-order valence-electron chi connectivity index (χ2n) is 5.02. The molecule has 2 N–H and O–H groups in total. The molecular formula is C15H17N3O3. The lowest BCUT2D eigenvalue weighted by atomic mass is 10.1. The number of ether oxygens (including phenoxy) is 2. The summed E-state index contributed by atoms with van der Waals surface area (Å²) in [5.74, 6) is 0.720. The summed E-state index contributed by atoms with van der Waals surface area (Å²) in [7, 11) is 1.61. The van der Waals surface area contributed by atoms with Gasteiger partial charge in [-0.05, 0) is 31.2 Å². The number of aromatic nitrogens is 1. The maximum absolute atomic E-state index is 12.0. The maximum Gasteiger partial charge on any atom is 0.414 e. The van der Waals surface area contributed by atoms with Gasteiger partial charge in [0.25, 0.3) is 0 Å². The van der Waals surface area contributed by atoms with Gasteiger partial charge in [0, 0.05) is 17.6 Å². The normalized spacial score (nSPS) is 18.1. The Morgan fingerprint density at radius 3 is 2.95 bits per heavy atom. The predicted octanol–water partition coefficient (Wildman–Crippen LogP) is 1.84. The Bertz CT molecular complexity index is 702. The summed E-state index contributed by atoms with van der Waals surface area (Å²) in [5, 5.41) is 0.856. The van der Waals surface area contributed by atoms with Gasteiger partial charge in [0.15, 0.2) is 0 Å². The van der Waals surface area contributed by atoms with Gasteiger partial charge in [-0.15, -0.1) is 0 Å². The third kappa shape index (κ3) is 2.38. The van der Waals surface area contributed by atoms with E-state index in [-0.39, 0.29) is 12.2 Å². The number of aryl methyl sites for hydroxylation is 1. The van der Waals surface area contributed by atoms with Crippen LogP contribution in [-0.2, 0) is 4.74 Å². The summed E-state index contributed by atoms with van der Waals surface area (Å²) in [4.78, 5) is 18.1. The van der Waals surface area contributed by atoms with Crippen molar-refractivity contribution in [1.29, 1.82) is 0 Å². The quantitative estimate of drug-likeness (QED) is 0.932. The van der Waals surface area contributed by atoms with Gasteiger partial charge >= 0.3 is 6.09 Å². The Hall–Kier alpha value is -2.34. The molecule has 2 heterocycles. The highest BCUT2D eigenvalue weighted by Crippen LogP contribution is 2.32.